The van der Waals surface area contributed by atoms with E-state index in [1.807, 2.05) is 32.4 Å². The topological polar surface area (TPSA) is 72.0 Å². The van der Waals surface area contributed by atoms with Crippen LogP contribution in [0.2, 0.25) is 0 Å². The lowest BCUT2D eigenvalue weighted by Crippen LogP contribution is -2.32. The van der Waals surface area contributed by atoms with Crippen LogP contribution in [0.5, 0.6) is 0 Å². The molecule has 0 aliphatic carbocycles. The van der Waals surface area contributed by atoms with Gasteiger partial charge in [0.05, 0.1) is 17.5 Å². The molecule has 1 fully saturated rings. The van der Waals surface area contributed by atoms with Gasteiger partial charge in [-0.1, -0.05) is 35.5 Å². The van der Waals surface area contributed by atoms with Gasteiger partial charge in [0, 0.05) is 37.8 Å². The Bertz CT molecular complexity index is 1160. The molecule has 4 aromatic rings. The van der Waals surface area contributed by atoms with Gasteiger partial charge in [0.2, 0.25) is 0 Å². The molecule has 0 spiro atoms. The van der Waals surface area contributed by atoms with E-state index < -0.39 is 0 Å². The molecule has 0 radical (unpaired) electrons. The summed E-state index contributed by atoms with van der Waals surface area (Å²) in [6.07, 6.45) is 4.04. The highest BCUT2D eigenvalue weighted by atomic mass is 16.5. The lowest BCUT2D eigenvalue weighted by molar-refractivity contribution is 0.198. The molecule has 31 heavy (non-hydrogen) atoms. The zero-order valence-corrected chi connectivity index (χ0v) is 18.1. The molecule has 0 saturated carbocycles. The van der Waals surface area contributed by atoms with Crippen LogP contribution in [-0.4, -0.2) is 37.7 Å². The Kier molecular flexibility index (Phi) is 5.42. The van der Waals surface area contributed by atoms with Gasteiger partial charge in [0.15, 0.2) is 5.82 Å². The second-order valence-electron chi connectivity index (χ2n) is 8.44. The van der Waals surface area contributed by atoms with E-state index in [1.165, 1.54) is 5.56 Å². The minimum absolute atomic E-state index is 0.451. The fourth-order valence-corrected chi connectivity index (χ4v) is 4.37. The summed E-state index contributed by atoms with van der Waals surface area (Å²) >= 11 is 0. The Hall–Kier alpha value is -3.19. The maximum absolute atomic E-state index is 5.21. The number of aromatic nitrogens is 4. The molecule has 0 amide bonds. The molecule has 1 N–H and O–H groups in total. The highest BCUT2D eigenvalue weighted by molar-refractivity contribution is 5.86. The largest absolute Gasteiger partial charge is 0.364 e. The first-order valence-corrected chi connectivity index (χ1v) is 10.9. The van der Waals surface area contributed by atoms with Gasteiger partial charge in [0.1, 0.15) is 11.3 Å². The van der Waals surface area contributed by atoms with E-state index in [-0.39, 0.29) is 0 Å². The first-order valence-electron chi connectivity index (χ1n) is 10.9. The summed E-state index contributed by atoms with van der Waals surface area (Å²) in [5.74, 6) is 2.19. The Balaban J connectivity index is 1.32. The van der Waals surface area contributed by atoms with Crippen LogP contribution in [0.3, 0.4) is 0 Å². The average Bonchev–Trinajstić information content (AvgIpc) is 3.38. The van der Waals surface area contributed by atoms with Gasteiger partial charge in [-0.05, 0) is 44.5 Å². The van der Waals surface area contributed by atoms with E-state index in [0.29, 0.717) is 5.92 Å². The Morgan fingerprint density at radius 3 is 2.68 bits per heavy atom. The molecular formula is C24H28N6O. The van der Waals surface area contributed by atoms with Crippen molar-refractivity contribution in [3.8, 4) is 0 Å². The second kappa shape index (κ2) is 8.51. The Morgan fingerprint density at radius 2 is 1.94 bits per heavy atom. The van der Waals surface area contributed by atoms with Crippen molar-refractivity contribution in [1.82, 2.24) is 24.6 Å². The number of nitrogens with zero attached hydrogens (tertiary/aromatic N) is 5. The van der Waals surface area contributed by atoms with Crippen LogP contribution in [0, 0.1) is 6.92 Å². The lowest BCUT2D eigenvalue weighted by Gasteiger charge is -2.31. The molecule has 5 rings (SSSR count). The second-order valence-corrected chi connectivity index (χ2v) is 8.44. The highest BCUT2D eigenvalue weighted by Gasteiger charge is 2.24. The number of nitrogens with one attached hydrogen (secondary N) is 1. The molecule has 1 aliphatic heterocycles. The average molecular weight is 417 g/mol. The first kappa shape index (κ1) is 19.8. The molecule has 0 bridgehead atoms. The number of piperidine rings is 1. The molecule has 1 aliphatic rings. The number of likely N-dealkylation sites (tertiary alicyclic amines) is 1. The number of imidazole rings is 1. The number of pyridine rings is 1. The summed E-state index contributed by atoms with van der Waals surface area (Å²) in [4.78, 5) is 12.1. The van der Waals surface area contributed by atoms with Gasteiger partial charge in [-0.15, -0.1) is 0 Å². The van der Waals surface area contributed by atoms with Crippen molar-refractivity contribution >= 4 is 16.9 Å². The Labute approximate surface area is 182 Å². The third-order valence-electron chi connectivity index (χ3n) is 6.10. The quantitative estimate of drug-likeness (QED) is 0.506. The normalized spacial score (nSPS) is 15.5. The van der Waals surface area contributed by atoms with E-state index in [2.05, 4.69) is 55.3 Å². The fraction of sp³-hybridized carbons (Fsp3) is 0.375. The van der Waals surface area contributed by atoms with Crippen LogP contribution in [0.1, 0.15) is 41.5 Å². The predicted octanol–water partition coefficient (Wildman–Crippen LogP) is 4.26. The zero-order valence-electron chi connectivity index (χ0n) is 18.1. The molecule has 3 aromatic heterocycles. The van der Waals surface area contributed by atoms with Crippen LogP contribution in [-0.2, 0) is 20.1 Å². The van der Waals surface area contributed by atoms with Gasteiger partial charge >= 0.3 is 0 Å². The number of fused-ring (bicyclic) bond motifs is 1. The van der Waals surface area contributed by atoms with Gasteiger partial charge in [-0.25, -0.2) is 9.97 Å². The van der Waals surface area contributed by atoms with Crippen molar-refractivity contribution in [1.29, 1.82) is 0 Å². The summed E-state index contributed by atoms with van der Waals surface area (Å²) < 4.78 is 7.29. The van der Waals surface area contributed by atoms with Crippen molar-refractivity contribution in [2.75, 3.05) is 18.4 Å². The van der Waals surface area contributed by atoms with E-state index in [4.69, 9.17) is 9.51 Å². The molecule has 1 saturated heterocycles. The summed E-state index contributed by atoms with van der Waals surface area (Å²) in [5.41, 5.74) is 5.46. The number of hydrogen-bond acceptors (Lipinski definition) is 6. The number of benzene rings is 1. The van der Waals surface area contributed by atoms with Gasteiger partial charge < -0.3 is 14.4 Å². The smallest absolute Gasteiger partial charge is 0.154 e. The predicted molar refractivity (Wildman–Crippen MR) is 121 cm³/mol. The van der Waals surface area contributed by atoms with E-state index in [0.717, 1.165) is 73.0 Å². The summed E-state index contributed by atoms with van der Waals surface area (Å²) in [7, 11) is 2.04. The standard InChI is InChI=1S/C24H28N6O/c1-17-12-20(28-31-17)15-30-10-8-19(9-11-30)21-13-22-23(26-16-29(22)2)24(27-21)25-14-18-6-4-3-5-7-18/h3-7,12-13,16,19H,8-11,14-15H2,1-2H3,(H,25,27). The van der Waals surface area contributed by atoms with Crippen molar-refractivity contribution in [3.05, 3.63) is 71.5 Å². The fourth-order valence-electron chi connectivity index (χ4n) is 4.37. The van der Waals surface area contributed by atoms with Crippen molar-refractivity contribution in [2.45, 2.75) is 38.8 Å². The van der Waals surface area contributed by atoms with Crippen LogP contribution in [0.15, 0.2) is 53.3 Å². The molecule has 4 heterocycles. The van der Waals surface area contributed by atoms with Crippen molar-refractivity contribution in [3.63, 3.8) is 0 Å². The van der Waals surface area contributed by atoms with Crippen molar-refractivity contribution < 1.29 is 4.52 Å². The third-order valence-corrected chi connectivity index (χ3v) is 6.10. The molecule has 0 atom stereocenters. The van der Waals surface area contributed by atoms with Crippen molar-refractivity contribution in [2.24, 2.45) is 7.05 Å². The molecule has 1 aromatic carbocycles. The lowest BCUT2D eigenvalue weighted by atomic mass is 9.92. The van der Waals surface area contributed by atoms with Crippen LogP contribution < -0.4 is 5.32 Å². The summed E-state index contributed by atoms with van der Waals surface area (Å²) in [6, 6.07) is 14.6. The van der Waals surface area contributed by atoms with Gasteiger partial charge in [-0.3, -0.25) is 4.90 Å². The van der Waals surface area contributed by atoms with Gasteiger partial charge in [-0.2, -0.15) is 0 Å². The molecule has 0 unspecified atom stereocenters. The Morgan fingerprint density at radius 1 is 1.13 bits per heavy atom. The van der Waals surface area contributed by atoms with E-state index in [9.17, 15) is 0 Å². The number of rotatable bonds is 6. The molecule has 160 valence electrons. The summed E-state index contributed by atoms with van der Waals surface area (Å²) in [6.45, 7) is 5.59. The SMILES string of the molecule is Cc1cc(CN2CCC(c3cc4c(ncn4C)c(NCc4ccccc4)n3)CC2)no1. The van der Waals surface area contributed by atoms with Crippen LogP contribution in [0.4, 0.5) is 5.82 Å². The van der Waals surface area contributed by atoms with Crippen LogP contribution in [0.25, 0.3) is 11.0 Å². The highest BCUT2D eigenvalue weighted by Crippen LogP contribution is 2.31. The molecule has 7 heteroatoms. The number of aryl methyl sites for hydroxylation is 2. The molecule has 7 nitrogen and oxygen atoms in total. The van der Waals surface area contributed by atoms with Gasteiger partial charge in [0.25, 0.3) is 0 Å². The maximum Gasteiger partial charge on any atom is 0.154 e. The minimum Gasteiger partial charge on any atom is -0.364 e. The first-order chi connectivity index (χ1) is 15.2. The zero-order chi connectivity index (χ0) is 21.2. The van der Waals surface area contributed by atoms with Crippen LogP contribution >= 0.6 is 0 Å². The molecular weight excluding hydrogens is 388 g/mol. The number of hydrogen-bond donors (Lipinski definition) is 1. The third kappa shape index (κ3) is 4.32. The maximum atomic E-state index is 5.21. The number of anilines is 1. The monoisotopic (exact) mass is 416 g/mol. The van der Waals surface area contributed by atoms with E-state index >= 15 is 0 Å². The minimum atomic E-state index is 0.451. The van der Waals surface area contributed by atoms with E-state index in [1.54, 1.807) is 0 Å². The summed E-state index contributed by atoms with van der Waals surface area (Å²) in [5, 5.41) is 7.66.